The summed E-state index contributed by atoms with van der Waals surface area (Å²) in [7, 11) is 0. The third-order valence-electron chi connectivity index (χ3n) is 8.70. The molecule has 6 rings (SSSR count). The average Bonchev–Trinajstić information content (AvgIpc) is 3.59. The van der Waals surface area contributed by atoms with E-state index in [1.807, 2.05) is 0 Å². The summed E-state index contributed by atoms with van der Waals surface area (Å²) < 4.78 is 0. The Morgan fingerprint density at radius 3 is 1.35 bits per heavy atom. The molecular formula is C37H36. The highest BCUT2D eigenvalue weighted by atomic mass is 14.5. The summed E-state index contributed by atoms with van der Waals surface area (Å²) in [6, 6.07) is 35.7. The molecule has 0 radical (unpaired) electrons. The molecule has 0 fully saturated rings. The van der Waals surface area contributed by atoms with Crippen molar-refractivity contribution in [2.24, 2.45) is 5.41 Å². The van der Waals surface area contributed by atoms with Crippen LogP contribution in [0.3, 0.4) is 0 Å². The Balaban J connectivity index is 1.48. The largest absolute Gasteiger partial charge is 0.0758 e. The van der Waals surface area contributed by atoms with E-state index in [-0.39, 0.29) is 5.41 Å². The maximum absolute atomic E-state index is 2.54. The first-order valence-electron chi connectivity index (χ1n) is 14.0. The highest BCUT2D eigenvalue weighted by Crippen LogP contribution is 2.60. The van der Waals surface area contributed by atoms with Crippen LogP contribution in [-0.4, -0.2) is 0 Å². The molecule has 37 heavy (non-hydrogen) atoms. The molecule has 0 N–H and O–H groups in total. The first-order chi connectivity index (χ1) is 18.3. The van der Waals surface area contributed by atoms with Crippen LogP contribution in [0.2, 0.25) is 0 Å². The Bertz CT molecular complexity index is 1330. The number of hydrogen-bond donors (Lipinski definition) is 0. The SMILES string of the molecule is CCCC(CCC)(C1C=Cc2c(-c3ccccc3)cccc21)C1C=Cc2c(-c3ccccc3)cccc21. The van der Waals surface area contributed by atoms with Crippen molar-refractivity contribution in [3.05, 3.63) is 131 Å². The lowest BCUT2D eigenvalue weighted by Crippen LogP contribution is -2.33. The fourth-order valence-corrected chi connectivity index (χ4v) is 7.29. The van der Waals surface area contributed by atoms with Crippen LogP contribution in [0.15, 0.2) is 109 Å². The molecule has 2 atom stereocenters. The van der Waals surface area contributed by atoms with Crippen LogP contribution in [0.1, 0.15) is 73.6 Å². The van der Waals surface area contributed by atoms with Crippen LogP contribution in [0.25, 0.3) is 34.4 Å². The van der Waals surface area contributed by atoms with Crippen molar-refractivity contribution >= 4 is 12.2 Å². The van der Waals surface area contributed by atoms with Gasteiger partial charge in [0.1, 0.15) is 0 Å². The smallest absolute Gasteiger partial charge is 0.00928 e. The van der Waals surface area contributed by atoms with E-state index in [0.717, 1.165) is 0 Å². The van der Waals surface area contributed by atoms with E-state index in [4.69, 9.17) is 0 Å². The maximum Gasteiger partial charge on any atom is 0.00928 e. The zero-order valence-electron chi connectivity index (χ0n) is 22.0. The maximum atomic E-state index is 2.54. The fourth-order valence-electron chi connectivity index (χ4n) is 7.29. The molecule has 2 aliphatic rings. The van der Waals surface area contributed by atoms with Crippen LogP contribution in [0.4, 0.5) is 0 Å². The fraction of sp³-hybridized carbons (Fsp3) is 0.243. The van der Waals surface area contributed by atoms with E-state index in [1.165, 1.54) is 70.2 Å². The topological polar surface area (TPSA) is 0 Å². The van der Waals surface area contributed by atoms with Crippen LogP contribution >= 0.6 is 0 Å². The number of hydrogen-bond acceptors (Lipinski definition) is 0. The quantitative estimate of drug-likeness (QED) is 0.235. The van der Waals surface area contributed by atoms with Crippen LogP contribution < -0.4 is 0 Å². The van der Waals surface area contributed by atoms with Gasteiger partial charge in [-0.2, -0.15) is 0 Å². The van der Waals surface area contributed by atoms with Crippen LogP contribution in [0, 0.1) is 5.41 Å². The molecule has 0 saturated carbocycles. The van der Waals surface area contributed by atoms with Crippen molar-refractivity contribution in [2.45, 2.75) is 51.4 Å². The summed E-state index contributed by atoms with van der Waals surface area (Å²) in [6.45, 7) is 4.73. The number of benzene rings is 4. The second-order valence-electron chi connectivity index (χ2n) is 10.8. The van der Waals surface area contributed by atoms with Crippen molar-refractivity contribution in [1.29, 1.82) is 0 Å². The molecule has 184 valence electrons. The predicted octanol–water partition coefficient (Wildman–Crippen LogP) is 10.5. The highest BCUT2D eigenvalue weighted by Gasteiger charge is 2.47. The Kier molecular flexibility index (Phi) is 6.43. The number of fused-ring (bicyclic) bond motifs is 2. The molecule has 0 amide bonds. The third-order valence-corrected chi connectivity index (χ3v) is 8.70. The first kappa shape index (κ1) is 23.7. The summed E-state index contributed by atoms with van der Waals surface area (Å²) >= 11 is 0. The van der Waals surface area contributed by atoms with Gasteiger partial charge < -0.3 is 0 Å². The minimum absolute atomic E-state index is 0.150. The average molecular weight is 481 g/mol. The molecule has 0 aromatic heterocycles. The molecular weight excluding hydrogens is 444 g/mol. The van der Waals surface area contributed by atoms with E-state index in [1.54, 1.807) is 0 Å². The molecule has 4 aromatic rings. The molecule has 0 bridgehead atoms. The van der Waals surface area contributed by atoms with E-state index in [9.17, 15) is 0 Å². The molecule has 0 saturated heterocycles. The highest BCUT2D eigenvalue weighted by molar-refractivity contribution is 5.82. The molecule has 0 spiro atoms. The third kappa shape index (κ3) is 4.00. The molecule has 0 heteroatoms. The Labute approximate surface area is 222 Å². The molecule has 0 nitrogen and oxygen atoms in total. The van der Waals surface area contributed by atoms with Gasteiger partial charge in [-0.05, 0) is 62.8 Å². The van der Waals surface area contributed by atoms with Gasteiger partial charge in [-0.1, -0.05) is 148 Å². The van der Waals surface area contributed by atoms with E-state index in [0.29, 0.717) is 11.8 Å². The Hall–Kier alpha value is -3.64. The number of allylic oxidation sites excluding steroid dienone is 2. The summed E-state index contributed by atoms with van der Waals surface area (Å²) in [4.78, 5) is 0. The Morgan fingerprint density at radius 1 is 0.514 bits per heavy atom. The van der Waals surface area contributed by atoms with Gasteiger partial charge in [0.2, 0.25) is 0 Å². The summed E-state index contributed by atoms with van der Waals surface area (Å²) in [5.41, 5.74) is 11.3. The van der Waals surface area contributed by atoms with E-state index < -0.39 is 0 Å². The molecule has 2 aliphatic carbocycles. The molecule has 0 heterocycles. The van der Waals surface area contributed by atoms with Crippen molar-refractivity contribution < 1.29 is 0 Å². The zero-order chi connectivity index (χ0) is 25.2. The summed E-state index contributed by atoms with van der Waals surface area (Å²) in [6.07, 6.45) is 14.7. The Morgan fingerprint density at radius 2 is 0.946 bits per heavy atom. The lowest BCUT2D eigenvalue weighted by atomic mass is 9.59. The monoisotopic (exact) mass is 480 g/mol. The lowest BCUT2D eigenvalue weighted by Gasteiger charge is -2.44. The zero-order valence-corrected chi connectivity index (χ0v) is 22.0. The van der Waals surface area contributed by atoms with Gasteiger partial charge >= 0.3 is 0 Å². The summed E-state index contributed by atoms with van der Waals surface area (Å²) in [5.74, 6) is 0.819. The van der Waals surface area contributed by atoms with Gasteiger partial charge in [0, 0.05) is 11.8 Å². The van der Waals surface area contributed by atoms with Gasteiger partial charge in [0.15, 0.2) is 0 Å². The minimum atomic E-state index is 0.150. The lowest BCUT2D eigenvalue weighted by molar-refractivity contribution is 0.180. The second-order valence-corrected chi connectivity index (χ2v) is 10.8. The number of rotatable bonds is 8. The van der Waals surface area contributed by atoms with Crippen molar-refractivity contribution in [2.75, 3.05) is 0 Å². The standard InChI is InChI=1S/C37H36/c1-3-25-37(26-4-2,35-23-21-31-29(17-11-19-33(31)35)27-13-7-5-8-14-27)36-24-22-32-30(18-12-20-34(32)36)28-15-9-6-10-16-28/h5-24,35-36H,3-4,25-26H2,1-2H3. The van der Waals surface area contributed by atoms with Gasteiger partial charge in [-0.3, -0.25) is 0 Å². The normalized spacial score (nSPS) is 17.7. The van der Waals surface area contributed by atoms with Gasteiger partial charge in [0.25, 0.3) is 0 Å². The van der Waals surface area contributed by atoms with Crippen molar-refractivity contribution in [1.82, 2.24) is 0 Å². The van der Waals surface area contributed by atoms with Gasteiger partial charge in [-0.15, -0.1) is 0 Å². The van der Waals surface area contributed by atoms with Gasteiger partial charge in [-0.25, -0.2) is 0 Å². The first-order valence-corrected chi connectivity index (χ1v) is 14.0. The molecule has 4 aromatic carbocycles. The van der Waals surface area contributed by atoms with Gasteiger partial charge in [0.05, 0.1) is 0 Å². The van der Waals surface area contributed by atoms with Crippen LogP contribution in [0.5, 0.6) is 0 Å². The van der Waals surface area contributed by atoms with E-state index in [2.05, 4.69) is 135 Å². The second kappa shape index (κ2) is 10.0. The van der Waals surface area contributed by atoms with Crippen molar-refractivity contribution in [3.8, 4) is 22.3 Å². The van der Waals surface area contributed by atoms with E-state index >= 15 is 0 Å². The molecule has 2 unspecified atom stereocenters. The minimum Gasteiger partial charge on any atom is -0.0758 e. The predicted molar refractivity (Wildman–Crippen MR) is 160 cm³/mol. The van der Waals surface area contributed by atoms with Crippen LogP contribution in [-0.2, 0) is 0 Å². The summed E-state index contributed by atoms with van der Waals surface area (Å²) in [5, 5.41) is 0. The molecule has 0 aliphatic heterocycles. The van der Waals surface area contributed by atoms with Crippen molar-refractivity contribution in [3.63, 3.8) is 0 Å².